The molecule has 0 radical (unpaired) electrons. The maximum Gasteiger partial charge on any atom is 0.123 e. The second-order valence-electron chi connectivity index (χ2n) is 4.51. The summed E-state index contributed by atoms with van der Waals surface area (Å²) in [4.78, 5) is 4.48. The van der Waals surface area contributed by atoms with Gasteiger partial charge in [-0.1, -0.05) is 35.9 Å². The molecule has 0 N–H and O–H groups in total. The molecule has 0 aliphatic heterocycles. The van der Waals surface area contributed by atoms with Crippen molar-refractivity contribution in [3.8, 4) is 0 Å². The van der Waals surface area contributed by atoms with E-state index in [2.05, 4.69) is 4.99 Å². The van der Waals surface area contributed by atoms with Crippen molar-refractivity contribution in [2.24, 2.45) is 4.99 Å². The molecular formula is C16H15ClFN. The zero-order valence-electron chi connectivity index (χ0n) is 10.7. The average molecular weight is 276 g/mol. The van der Waals surface area contributed by atoms with Gasteiger partial charge in [0.2, 0.25) is 0 Å². The van der Waals surface area contributed by atoms with Crippen LogP contribution in [0.2, 0.25) is 5.02 Å². The lowest BCUT2D eigenvalue weighted by atomic mass is 10.1. The van der Waals surface area contributed by atoms with Crippen molar-refractivity contribution in [3.63, 3.8) is 0 Å². The molecule has 2 rings (SSSR count). The van der Waals surface area contributed by atoms with Gasteiger partial charge in [-0.25, -0.2) is 4.39 Å². The largest absolute Gasteiger partial charge is 0.289 e. The topological polar surface area (TPSA) is 12.4 Å². The van der Waals surface area contributed by atoms with E-state index in [0.29, 0.717) is 0 Å². The van der Waals surface area contributed by atoms with Crippen molar-refractivity contribution in [1.82, 2.24) is 0 Å². The minimum absolute atomic E-state index is 0.154. The summed E-state index contributed by atoms with van der Waals surface area (Å²) >= 11 is 5.82. The predicted octanol–water partition coefficient (Wildman–Crippen LogP) is 4.53. The molecule has 0 amide bonds. The molecule has 0 unspecified atom stereocenters. The third-order valence-electron chi connectivity index (χ3n) is 2.79. The summed E-state index contributed by atoms with van der Waals surface area (Å²) in [5.41, 5.74) is 2.11. The molecule has 0 aromatic heterocycles. The fourth-order valence-electron chi connectivity index (χ4n) is 1.78. The van der Waals surface area contributed by atoms with Gasteiger partial charge < -0.3 is 0 Å². The average Bonchev–Trinajstić information content (AvgIpc) is 2.41. The van der Waals surface area contributed by atoms with Gasteiger partial charge >= 0.3 is 0 Å². The van der Waals surface area contributed by atoms with Crippen molar-refractivity contribution in [2.45, 2.75) is 19.4 Å². The van der Waals surface area contributed by atoms with Gasteiger partial charge in [0.25, 0.3) is 0 Å². The van der Waals surface area contributed by atoms with Crippen LogP contribution < -0.4 is 0 Å². The lowest BCUT2D eigenvalue weighted by Crippen LogP contribution is -2.03. The highest BCUT2D eigenvalue weighted by Gasteiger charge is 2.01. The number of hydrogen-bond donors (Lipinski definition) is 0. The maximum absolute atomic E-state index is 12.8. The molecule has 0 saturated carbocycles. The smallest absolute Gasteiger partial charge is 0.123 e. The minimum atomic E-state index is -0.207. The number of rotatable bonds is 4. The molecule has 0 aliphatic rings. The van der Waals surface area contributed by atoms with E-state index in [-0.39, 0.29) is 11.9 Å². The van der Waals surface area contributed by atoms with Gasteiger partial charge in [0.05, 0.1) is 6.04 Å². The highest BCUT2D eigenvalue weighted by Crippen LogP contribution is 2.10. The quantitative estimate of drug-likeness (QED) is 0.727. The van der Waals surface area contributed by atoms with Crippen molar-refractivity contribution in [1.29, 1.82) is 0 Å². The van der Waals surface area contributed by atoms with Crippen LogP contribution in [-0.4, -0.2) is 12.3 Å². The van der Waals surface area contributed by atoms with E-state index in [1.165, 1.54) is 12.1 Å². The fourth-order valence-corrected chi connectivity index (χ4v) is 1.90. The van der Waals surface area contributed by atoms with Gasteiger partial charge in [0.15, 0.2) is 0 Å². The monoisotopic (exact) mass is 275 g/mol. The van der Waals surface area contributed by atoms with Crippen LogP contribution in [0.3, 0.4) is 0 Å². The molecule has 1 atom stereocenters. The lowest BCUT2D eigenvalue weighted by molar-refractivity contribution is 0.626. The van der Waals surface area contributed by atoms with Crippen LogP contribution in [-0.2, 0) is 6.42 Å². The molecule has 2 aromatic rings. The molecule has 0 aliphatic carbocycles. The van der Waals surface area contributed by atoms with Crippen molar-refractivity contribution in [2.75, 3.05) is 0 Å². The van der Waals surface area contributed by atoms with Crippen LogP contribution in [0.25, 0.3) is 0 Å². The Kier molecular flexibility index (Phi) is 4.69. The summed E-state index contributed by atoms with van der Waals surface area (Å²) in [6, 6.07) is 14.2. The fraction of sp³-hybridized carbons (Fsp3) is 0.188. The molecule has 0 saturated heterocycles. The Bertz CT molecular complexity index is 546. The Hall–Kier alpha value is -1.67. The van der Waals surface area contributed by atoms with Gasteiger partial charge in [0, 0.05) is 11.2 Å². The van der Waals surface area contributed by atoms with Gasteiger partial charge in [-0.2, -0.15) is 0 Å². The zero-order chi connectivity index (χ0) is 13.7. The second-order valence-corrected chi connectivity index (χ2v) is 4.95. The number of aliphatic imine (C=N–C) groups is 1. The van der Waals surface area contributed by atoms with E-state index in [4.69, 9.17) is 11.6 Å². The Morgan fingerprint density at radius 1 is 1.11 bits per heavy atom. The van der Waals surface area contributed by atoms with Crippen LogP contribution in [0.1, 0.15) is 18.1 Å². The molecule has 98 valence electrons. The predicted molar refractivity (Wildman–Crippen MR) is 78.6 cm³/mol. The number of hydrogen-bond acceptors (Lipinski definition) is 1. The first kappa shape index (κ1) is 13.8. The van der Waals surface area contributed by atoms with Crippen LogP contribution in [0.5, 0.6) is 0 Å². The summed E-state index contributed by atoms with van der Waals surface area (Å²) in [7, 11) is 0. The third-order valence-corrected chi connectivity index (χ3v) is 3.04. The van der Waals surface area contributed by atoms with E-state index in [1.807, 2.05) is 37.4 Å². The summed E-state index contributed by atoms with van der Waals surface area (Å²) in [6.07, 6.45) is 2.63. The van der Waals surface area contributed by atoms with Crippen molar-refractivity contribution >= 4 is 17.8 Å². The first-order valence-corrected chi connectivity index (χ1v) is 6.54. The van der Waals surface area contributed by atoms with E-state index < -0.39 is 0 Å². The normalized spacial score (nSPS) is 12.8. The standard InChI is InChI=1S/C16H15ClFN/c1-12(10-13-4-8-16(18)9-5-13)19-11-14-2-6-15(17)7-3-14/h2-9,11-12H,10H2,1H3/t12-/m1/s1. The minimum Gasteiger partial charge on any atom is -0.289 e. The molecule has 0 heterocycles. The Labute approximate surface area is 117 Å². The number of benzene rings is 2. The lowest BCUT2D eigenvalue weighted by Gasteiger charge is -2.06. The van der Waals surface area contributed by atoms with Gasteiger partial charge in [-0.3, -0.25) is 4.99 Å². The summed E-state index contributed by atoms with van der Waals surface area (Å²) in [5, 5.41) is 0.719. The van der Waals surface area contributed by atoms with Crippen LogP contribution in [0.15, 0.2) is 53.5 Å². The molecule has 3 heteroatoms. The highest BCUT2D eigenvalue weighted by molar-refractivity contribution is 6.30. The molecule has 1 nitrogen and oxygen atoms in total. The number of halogens is 2. The maximum atomic E-state index is 12.8. The third kappa shape index (κ3) is 4.49. The van der Waals surface area contributed by atoms with Crippen molar-refractivity contribution < 1.29 is 4.39 Å². The first-order chi connectivity index (χ1) is 9.13. The van der Waals surface area contributed by atoms with Gasteiger partial charge in [-0.15, -0.1) is 0 Å². The van der Waals surface area contributed by atoms with Gasteiger partial charge in [-0.05, 0) is 48.7 Å². The SMILES string of the molecule is C[C@H](Cc1ccc(F)cc1)N=Cc1ccc(Cl)cc1. The van der Waals surface area contributed by atoms with E-state index >= 15 is 0 Å². The summed E-state index contributed by atoms with van der Waals surface area (Å²) < 4.78 is 12.8. The van der Waals surface area contributed by atoms with E-state index in [9.17, 15) is 4.39 Å². The molecule has 2 aromatic carbocycles. The first-order valence-electron chi connectivity index (χ1n) is 6.16. The molecule has 19 heavy (non-hydrogen) atoms. The van der Waals surface area contributed by atoms with Crippen LogP contribution >= 0.6 is 11.6 Å². The summed E-state index contributed by atoms with van der Waals surface area (Å²) in [6.45, 7) is 2.04. The number of nitrogens with zero attached hydrogens (tertiary/aromatic N) is 1. The Balaban J connectivity index is 1.95. The van der Waals surface area contributed by atoms with E-state index in [1.54, 1.807) is 12.1 Å². The second kappa shape index (κ2) is 6.48. The molecule has 0 fully saturated rings. The highest BCUT2D eigenvalue weighted by atomic mass is 35.5. The zero-order valence-corrected chi connectivity index (χ0v) is 11.4. The molecule has 0 spiro atoms. The summed E-state index contributed by atoms with van der Waals surface area (Å²) in [5.74, 6) is -0.207. The van der Waals surface area contributed by atoms with Crippen molar-refractivity contribution in [3.05, 3.63) is 70.5 Å². The van der Waals surface area contributed by atoms with Crippen LogP contribution in [0.4, 0.5) is 4.39 Å². The molecule has 0 bridgehead atoms. The Morgan fingerprint density at radius 2 is 1.74 bits per heavy atom. The van der Waals surface area contributed by atoms with E-state index in [0.717, 1.165) is 22.6 Å². The van der Waals surface area contributed by atoms with Gasteiger partial charge in [0.1, 0.15) is 5.82 Å². The molecular weight excluding hydrogens is 261 g/mol. The Morgan fingerprint density at radius 3 is 2.37 bits per heavy atom. The van der Waals surface area contributed by atoms with Crippen LogP contribution in [0, 0.1) is 5.82 Å².